The lowest BCUT2D eigenvalue weighted by molar-refractivity contribution is -0.605. The number of pyridine rings is 1. The third-order valence-electron chi connectivity index (χ3n) is 5.33. The second-order valence-electron chi connectivity index (χ2n) is 7.05. The number of benzene rings is 1. The van der Waals surface area contributed by atoms with Crippen LogP contribution in [0, 0.1) is 19.1 Å². The van der Waals surface area contributed by atoms with Gasteiger partial charge < -0.3 is 10.5 Å². The highest BCUT2D eigenvalue weighted by Crippen LogP contribution is 2.32. The van der Waals surface area contributed by atoms with Gasteiger partial charge in [-0.25, -0.2) is 4.68 Å². The summed E-state index contributed by atoms with van der Waals surface area (Å²) < 4.78 is 2.64. The molecule has 6 heteroatoms. The van der Waals surface area contributed by atoms with Gasteiger partial charge in [-0.15, -0.1) is 0 Å². The minimum atomic E-state index is -0.238. The van der Waals surface area contributed by atoms with Crippen LogP contribution in [0.4, 0.5) is 0 Å². The first kappa shape index (κ1) is 17.3. The Bertz CT molecular complexity index is 1010. The number of carbonyl (C=O) groups excluding carboxylic acids is 1. The fourth-order valence-electron chi connectivity index (χ4n) is 3.71. The molecule has 0 saturated carbocycles. The van der Waals surface area contributed by atoms with E-state index in [1.807, 2.05) is 16.9 Å². The van der Waals surface area contributed by atoms with Gasteiger partial charge >= 0.3 is 0 Å². The zero-order chi connectivity index (χ0) is 19.0. The number of aryl methyl sites for hydroxylation is 1. The third kappa shape index (κ3) is 3.18. The molecule has 0 fully saturated rings. The quantitative estimate of drug-likeness (QED) is 0.575. The number of nitrogens with zero attached hydrogens (tertiary/aromatic N) is 3. The Balaban J connectivity index is 1.64. The third-order valence-corrected chi connectivity index (χ3v) is 5.33. The normalized spacial score (nSPS) is 16.0. The molecule has 1 N–H and O–H groups in total. The average Bonchev–Trinajstić information content (AvgIpc) is 3.09. The summed E-state index contributed by atoms with van der Waals surface area (Å²) in [5.74, 6) is -0.238. The lowest BCUT2D eigenvalue weighted by Crippen LogP contribution is -2.33. The Labute approximate surface area is 158 Å². The van der Waals surface area contributed by atoms with Crippen LogP contribution in [0.2, 0.25) is 0 Å². The number of hydrogen-bond donors (Lipinski definition) is 1. The summed E-state index contributed by atoms with van der Waals surface area (Å²) in [6.45, 7) is 4.20. The van der Waals surface area contributed by atoms with Crippen molar-refractivity contribution in [1.82, 2.24) is 15.1 Å². The summed E-state index contributed by atoms with van der Waals surface area (Å²) in [4.78, 5) is 12.6. The summed E-state index contributed by atoms with van der Waals surface area (Å²) in [6, 6.07) is 9.34. The number of carbonyl (C=O) groups is 1. The molecule has 0 bridgehead atoms. The van der Waals surface area contributed by atoms with Gasteiger partial charge in [0.25, 0.3) is 5.91 Å². The molecular formula is C21H22N4O2. The summed E-state index contributed by atoms with van der Waals surface area (Å²) in [5.41, 5.74) is 6.08. The van der Waals surface area contributed by atoms with E-state index in [0.717, 1.165) is 36.2 Å². The van der Waals surface area contributed by atoms with Crippen LogP contribution in [0.1, 0.15) is 51.6 Å². The number of hydrogen-bond acceptors (Lipinski definition) is 3. The number of fused-ring (bicyclic) bond motifs is 1. The number of rotatable bonds is 3. The molecule has 27 heavy (non-hydrogen) atoms. The van der Waals surface area contributed by atoms with E-state index in [-0.39, 0.29) is 11.9 Å². The molecule has 2 aromatic heterocycles. The van der Waals surface area contributed by atoms with Gasteiger partial charge in [0, 0.05) is 17.3 Å². The van der Waals surface area contributed by atoms with Crippen LogP contribution in [-0.4, -0.2) is 15.7 Å². The van der Waals surface area contributed by atoms with Crippen molar-refractivity contribution in [3.8, 4) is 5.69 Å². The van der Waals surface area contributed by atoms with Crippen molar-refractivity contribution in [3.63, 3.8) is 0 Å². The van der Waals surface area contributed by atoms with Crippen LogP contribution in [0.3, 0.4) is 0 Å². The second-order valence-corrected chi connectivity index (χ2v) is 7.05. The average molecular weight is 362 g/mol. The Morgan fingerprint density at radius 2 is 2.15 bits per heavy atom. The Morgan fingerprint density at radius 1 is 1.30 bits per heavy atom. The first-order valence-corrected chi connectivity index (χ1v) is 9.17. The van der Waals surface area contributed by atoms with Gasteiger partial charge in [0.1, 0.15) is 5.56 Å². The maximum absolute atomic E-state index is 12.6. The highest BCUT2D eigenvalue weighted by molar-refractivity contribution is 5.93. The molecule has 138 valence electrons. The number of aromatic nitrogens is 3. The minimum Gasteiger partial charge on any atom is -0.619 e. The van der Waals surface area contributed by atoms with Gasteiger partial charge in [-0.3, -0.25) is 4.79 Å². The molecule has 1 aromatic carbocycles. The topological polar surface area (TPSA) is 73.9 Å². The standard InChI is InChI=1S/C21H22N4O2/c1-14-6-3-9-19(15(14)2)25-20-10-4-8-18(17(20)12-22-25)23-21(26)16-7-5-11-24(27)13-16/h3,5-7,9,11-13,18H,4,8,10H2,1-2H3,(H,23,26)/t18-/m1/s1. The molecule has 1 aliphatic carbocycles. The van der Waals surface area contributed by atoms with Crippen LogP contribution < -0.4 is 10.0 Å². The molecular weight excluding hydrogens is 340 g/mol. The van der Waals surface area contributed by atoms with Crippen LogP contribution in [0.15, 0.2) is 48.9 Å². The van der Waals surface area contributed by atoms with Gasteiger partial charge in [0.15, 0.2) is 12.4 Å². The van der Waals surface area contributed by atoms with Crippen molar-refractivity contribution in [1.29, 1.82) is 0 Å². The number of amides is 1. The lowest BCUT2D eigenvalue weighted by atomic mass is 9.92. The monoisotopic (exact) mass is 362 g/mol. The summed E-state index contributed by atoms with van der Waals surface area (Å²) in [7, 11) is 0. The minimum absolute atomic E-state index is 0.0968. The maximum atomic E-state index is 12.6. The molecule has 6 nitrogen and oxygen atoms in total. The fourth-order valence-corrected chi connectivity index (χ4v) is 3.71. The van der Waals surface area contributed by atoms with Crippen LogP contribution >= 0.6 is 0 Å². The lowest BCUT2D eigenvalue weighted by Gasteiger charge is -2.24. The summed E-state index contributed by atoms with van der Waals surface area (Å²) in [6.07, 6.45) is 7.29. The van der Waals surface area contributed by atoms with Crippen molar-refractivity contribution in [2.75, 3.05) is 0 Å². The van der Waals surface area contributed by atoms with Gasteiger partial charge in [-0.05, 0) is 56.4 Å². The molecule has 4 rings (SSSR count). The first-order valence-electron chi connectivity index (χ1n) is 9.17. The zero-order valence-electron chi connectivity index (χ0n) is 15.5. The number of nitrogens with one attached hydrogen (secondary N) is 1. The van der Waals surface area contributed by atoms with Crippen LogP contribution in [-0.2, 0) is 6.42 Å². The molecule has 0 unspecified atom stereocenters. The van der Waals surface area contributed by atoms with Crippen LogP contribution in [0.25, 0.3) is 5.69 Å². The SMILES string of the molecule is Cc1cccc(-n2ncc3c2CCC[C@H]3NC(=O)c2ccc[n+]([O-])c2)c1C. The molecule has 0 saturated heterocycles. The first-order chi connectivity index (χ1) is 13.0. The van der Waals surface area contributed by atoms with Crippen molar-refractivity contribution in [2.45, 2.75) is 39.2 Å². The largest absolute Gasteiger partial charge is 0.619 e. The maximum Gasteiger partial charge on any atom is 0.257 e. The Morgan fingerprint density at radius 3 is 2.96 bits per heavy atom. The molecule has 0 aliphatic heterocycles. The van der Waals surface area contributed by atoms with E-state index in [1.54, 1.807) is 12.1 Å². The molecule has 0 spiro atoms. The molecule has 0 radical (unpaired) electrons. The Hall–Kier alpha value is -3.15. The van der Waals surface area contributed by atoms with E-state index in [4.69, 9.17) is 0 Å². The summed E-state index contributed by atoms with van der Waals surface area (Å²) in [5, 5.41) is 19.1. The second kappa shape index (κ2) is 6.87. The molecule has 1 atom stereocenters. The van der Waals surface area contributed by atoms with Crippen molar-refractivity contribution >= 4 is 5.91 Å². The van der Waals surface area contributed by atoms with Gasteiger partial charge in [-0.1, -0.05) is 12.1 Å². The predicted octanol–water partition coefficient (Wildman–Crippen LogP) is 2.93. The van der Waals surface area contributed by atoms with Crippen LogP contribution in [0.5, 0.6) is 0 Å². The predicted molar refractivity (Wildman–Crippen MR) is 102 cm³/mol. The van der Waals surface area contributed by atoms with Gasteiger partial charge in [0.05, 0.1) is 17.9 Å². The molecule has 3 aromatic rings. The van der Waals surface area contributed by atoms with E-state index in [1.165, 1.54) is 23.5 Å². The summed E-state index contributed by atoms with van der Waals surface area (Å²) >= 11 is 0. The molecule has 1 aliphatic rings. The van der Waals surface area contributed by atoms with E-state index in [9.17, 15) is 10.0 Å². The van der Waals surface area contributed by atoms with E-state index >= 15 is 0 Å². The van der Waals surface area contributed by atoms with E-state index < -0.39 is 0 Å². The van der Waals surface area contributed by atoms with E-state index in [0.29, 0.717) is 10.3 Å². The fraction of sp³-hybridized carbons (Fsp3) is 0.286. The Kier molecular flexibility index (Phi) is 4.39. The smallest absolute Gasteiger partial charge is 0.257 e. The zero-order valence-corrected chi connectivity index (χ0v) is 15.5. The van der Waals surface area contributed by atoms with Crippen molar-refractivity contribution in [2.24, 2.45) is 0 Å². The highest BCUT2D eigenvalue weighted by atomic mass is 16.5. The van der Waals surface area contributed by atoms with Gasteiger partial charge in [-0.2, -0.15) is 9.83 Å². The molecule has 2 heterocycles. The highest BCUT2D eigenvalue weighted by Gasteiger charge is 2.27. The van der Waals surface area contributed by atoms with Gasteiger partial charge in [0.2, 0.25) is 0 Å². The van der Waals surface area contributed by atoms with Crippen molar-refractivity contribution < 1.29 is 9.52 Å². The molecule has 1 amide bonds. The van der Waals surface area contributed by atoms with E-state index in [2.05, 4.69) is 36.4 Å². The van der Waals surface area contributed by atoms with Crippen molar-refractivity contribution in [3.05, 3.63) is 82.1 Å².